The SMILES string of the molecule is CC(O)C1CCC(C2CCCN2c2ncc(C(F)(F)F)cc2CN(Cc2cc(C(F)(F)F)cc(C(F)(F)F)c2)c2nnn(C)n2)CC1. The first kappa shape index (κ1) is 34.7. The molecular formula is C30H34F9N7O. The fourth-order valence-electron chi connectivity index (χ4n) is 6.73. The zero-order valence-electron chi connectivity index (χ0n) is 25.5. The highest BCUT2D eigenvalue weighted by Crippen LogP contribution is 2.42. The van der Waals surface area contributed by atoms with Crippen molar-refractivity contribution in [3.05, 3.63) is 58.3 Å². The van der Waals surface area contributed by atoms with Crippen LogP contribution in [0.25, 0.3) is 0 Å². The largest absolute Gasteiger partial charge is 0.417 e. The van der Waals surface area contributed by atoms with Gasteiger partial charge in [0, 0.05) is 37.4 Å². The number of hydrogen-bond donors (Lipinski definition) is 1. The highest BCUT2D eigenvalue weighted by Gasteiger charge is 2.40. The Morgan fingerprint density at radius 1 is 0.851 bits per heavy atom. The summed E-state index contributed by atoms with van der Waals surface area (Å²) in [6, 6.07) is 1.98. The molecule has 1 aliphatic carbocycles. The normalized spacial score (nSPS) is 21.7. The van der Waals surface area contributed by atoms with E-state index in [1.165, 1.54) is 11.9 Å². The van der Waals surface area contributed by atoms with Crippen molar-refractivity contribution in [2.75, 3.05) is 16.3 Å². The van der Waals surface area contributed by atoms with Crippen molar-refractivity contribution in [2.24, 2.45) is 18.9 Å². The fourth-order valence-corrected chi connectivity index (χ4v) is 6.73. The van der Waals surface area contributed by atoms with Gasteiger partial charge in [0.15, 0.2) is 0 Å². The molecule has 3 heterocycles. The molecule has 0 radical (unpaired) electrons. The van der Waals surface area contributed by atoms with Crippen LogP contribution >= 0.6 is 0 Å². The van der Waals surface area contributed by atoms with Gasteiger partial charge in [0.2, 0.25) is 0 Å². The van der Waals surface area contributed by atoms with Crippen molar-refractivity contribution in [1.82, 2.24) is 25.2 Å². The Kier molecular flexibility index (Phi) is 9.68. The summed E-state index contributed by atoms with van der Waals surface area (Å²) in [6.07, 6.45) is -9.90. The Labute approximate surface area is 264 Å². The number of nitrogens with zero attached hydrogens (tertiary/aromatic N) is 7. The molecule has 1 N–H and O–H groups in total. The molecule has 1 aromatic carbocycles. The van der Waals surface area contributed by atoms with Crippen molar-refractivity contribution in [2.45, 2.75) is 89.2 Å². The zero-order chi connectivity index (χ0) is 34.3. The number of tetrazole rings is 1. The van der Waals surface area contributed by atoms with Gasteiger partial charge in [-0.05, 0) is 92.3 Å². The number of hydrogen-bond acceptors (Lipinski definition) is 7. The summed E-state index contributed by atoms with van der Waals surface area (Å²) < 4.78 is 124. The quantitative estimate of drug-likeness (QED) is 0.256. The Bertz CT molecular complexity index is 1500. The van der Waals surface area contributed by atoms with E-state index in [1.54, 1.807) is 6.92 Å². The monoisotopic (exact) mass is 679 g/mol. The predicted molar refractivity (Wildman–Crippen MR) is 152 cm³/mol. The molecular weight excluding hydrogens is 645 g/mol. The number of rotatable bonds is 8. The van der Waals surface area contributed by atoms with E-state index < -0.39 is 60.0 Å². The average molecular weight is 680 g/mol. The lowest BCUT2D eigenvalue weighted by molar-refractivity contribution is -0.143. The third-order valence-electron chi connectivity index (χ3n) is 9.05. The van der Waals surface area contributed by atoms with Crippen LogP contribution in [-0.2, 0) is 38.7 Å². The lowest BCUT2D eigenvalue weighted by Crippen LogP contribution is -2.40. The topological polar surface area (TPSA) is 83.2 Å². The van der Waals surface area contributed by atoms with Crippen LogP contribution in [0.4, 0.5) is 51.3 Å². The van der Waals surface area contributed by atoms with Crippen LogP contribution in [0.15, 0.2) is 30.5 Å². The van der Waals surface area contributed by atoms with Gasteiger partial charge in [0.1, 0.15) is 5.82 Å². The number of aliphatic hydroxyl groups is 1. The molecule has 2 fully saturated rings. The molecule has 3 aromatic rings. The van der Waals surface area contributed by atoms with Crippen LogP contribution in [0.5, 0.6) is 0 Å². The summed E-state index contributed by atoms with van der Waals surface area (Å²) in [5.74, 6) is 0.402. The highest BCUT2D eigenvalue weighted by molar-refractivity contribution is 5.52. The molecule has 47 heavy (non-hydrogen) atoms. The van der Waals surface area contributed by atoms with E-state index in [0.29, 0.717) is 18.7 Å². The molecule has 2 aromatic heterocycles. The van der Waals surface area contributed by atoms with Crippen molar-refractivity contribution in [3.63, 3.8) is 0 Å². The Morgan fingerprint density at radius 2 is 1.47 bits per heavy atom. The Balaban J connectivity index is 1.53. The van der Waals surface area contributed by atoms with Crippen molar-refractivity contribution >= 4 is 11.8 Å². The number of benzene rings is 1. The predicted octanol–water partition coefficient (Wildman–Crippen LogP) is 7.02. The second-order valence-electron chi connectivity index (χ2n) is 12.4. The van der Waals surface area contributed by atoms with Crippen molar-refractivity contribution in [3.8, 4) is 0 Å². The van der Waals surface area contributed by atoms with Gasteiger partial charge in [-0.2, -0.15) is 44.3 Å². The maximum atomic E-state index is 13.9. The van der Waals surface area contributed by atoms with E-state index >= 15 is 0 Å². The molecule has 17 heteroatoms. The minimum Gasteiger partial charge on any atom is -0.393 e. The molecule has 2 aliphatic rings. The summed E-state index contributed by atoms with van der Waals surface area (Å²) in [5.41, 5.74) is -4.47. The number of aliphatic hydroxyl groups excluding tert-OH is 1. The third-order valence-corrected chi connectivity index (χ3v) is 9.05. The van der Waals surface area contributed by atoms with Gasteiger partial charge < -0.3 is 14.9 Å². The Morgan fingerprint density at radius 3 is 2.00 bits per heavy atom. The zero-order valence-corrected chi connectivity index (χ0v) is 25.5. The first-order valence-corrected chi connectivity index (χ1v) is 15.2. The third kappa shape index (κ3) is 8.09. The van der Waals surface area contributed by atoms with E-state index in [0.717, 1.165) is 55.6 Å². The lowest BCUT2D eigenvalue weighted by atomic mass is 9.76. The first-order valence-electron chi connectivity index (χ1n) is 15.2. The molecule has 1 saturated carbocycles. The van der Waals surface area contributed by atoms with Crippen LogP contribution in [0.2, 0.25) is 0 Å². The lowest BCUT2D eigenvalue weighted by Gasteiger charge is -2.38. The standard InChI is InChI=1S/C30H34F9N7O/c1-17(47)19-5-7-20(8-6-19)25-4-3-9-46(25)26-21(12-24(14-40-26)30(37,38)39)16-45(27-41-43-44(2)42-27)15-18-10-22(28(31,32)33)13-23(11-18)29(34,35)36/h10-14,17,19-20,25,47H,3-9,15-16H2,1-2H3. The van der Waals surface area contributed by atoms with Crippen molar-refractivity contribution < 1.29 is 44.6 Å². The van der Waals surface area contributed by atoms with Gasteiger partial charge in [-0.1, -0.05) is 5.10 Å². The summed E-state index contributed by atoms with van der Waals surface area (Å²) >= 11 is 0. The minimum absolute atomic E-state index is 0.00539. The molecule has 258 valence electrons. The van der Waals surface area contributed by atoms with E-state index in [4.69, 9.17) is 0 Å². The molecule has 0 spiro atoms. The molecule has 0 bridgehead atoms. The maximum absolute atomic E-state index is 13.9. The number of aromatic nitrogens is 5. The van der Waals surface area contributed by atoms with Gasteiger partial charge in [-0.3, -0.25) is 0 Å². The van der Waals surface area contributed by atoms with Gasteiger partial charge in [0.05, 0.1) is 29.8 Å². The highest BCUT2D eigenvalue weighted by atomic mass is 19.4. The molecule has 1 aliphatic heterocycles. The van der Waals surface area contributed by atoms with Crippen molar-refractivity contribution in [1.29, 1.82) is 0 Å². The number of halogens is 9. The summed E-state index contributed by atoms with van der Waals surface area (Å²) in [5, 5.41) is 21.7. The first-order chi connectivity index (χ1) is 21.9. The number of anilines is 2. The number of pyridine rings is 1. The number of aryl methyl sites for hydroxylation is 1. The summed E-state index contributed by atoms with van der Waals surface area (Å²) in [4.78, 5) is 8.40. The van der Waals surface area contributed by atoms with Crippen LogP contribution in [0.1, 0.15) is 73.3 Å². The second kappa shape index (κ2) is 13.1. The van der Waals surface area contributed by atoms with E-state index in [2.05, 4.69) is 20.4 Å². The number of alkyl halides is 9. The summed E-state index contributed by atoms with van der Waals surface area (Å²) in [6.45, 7) is 1.22. The molecule has 2 unspecified atom stereocenters. The van der Waals surface area contributed by atoms with Gasteiger partial charge in [-0.15, -0.1) is 5.10 Å². The molecule has 1 saturated heterocycles. The van der Waals surface area contributed by atoms with E-state index in [1.807, 2.05) is 4.90 Å². The summed E-state index contributed by atoms with van der Waals surface area (Å²) in [7, 11) is 1.39. The molecule has 5 rings (SSSR count). The molecule has 0 amide bonds. The maximum Gasteiger partial charge on any atom is 0.417 e. The minimum atomic E-state index is -5.09. The van der Waals surface area contributed by atoms with Crippen LogP contribution < -0.4 is 9.80 Å². The second-order valence-corrected chi connectivity index (χ2v) is 12.4. The van der Waals surface area contributed by atoms with Gasteiger partial charge in [-0.25, -0.2) is 4.98 Å². The van der Waals surface area contributed by atoms with Crippen LogP contribution in [0, 0.1) is 11.8 Å². The fraction of sp³-hybridized carbons (Fsp3) is 0.600. The molecule has 2 atom stereocenters. The Hall–Kier alpha value is -3.63. The smallest absolute Gasteiger partial charge is 0.393 e. The van der Waals surface area contributed by atoms with E-state index in [9.17, 15) is 44.6 Å². The van der Waals surface area contributed by atoms with Crippen LogP contribution in [-0.4, -0.2) is 49.0 Å². The van der Waals surface area contributed by atoms with Gasteiger partial charge in [0.25, 0.3) is 5.95 Å². The average Bonchev–Trinajstić information content (AvgIpc) is 3.65. The van der Waals surface area contributed by atoms with Gasteiger partial charge >= 0.3 is 18.5 Å². The molecule has 8 nitrogen and oxygen atoms in total. The van der Waals surface area contributed by atoms with E-state index in [-0.39, 0.29) is 41.3 Å². The van der Waals surface area contributed by atoms with Crippen LogP contribution in [0.3, 0.4) is 0 Å².